The lowest BCUT2D eigenvalue weighted by Gasteiger charge is -2.21. The van der Waals surface area contributed by atoms with Crippen LogP contribution >= 0.6 is 0 Å². The number of hydrogen-bond acceptors (Lipinski definition) is 2. The summed E-state index contributed by atoms with van der Waals surface area (Å²) in [6.07, 6.45) is 3.96. The van der Waals surface area contributed by atoms with Gasteiger partial charge in [0.2, 0.25) is 0 Å². The summed E-state index contributed by atoms with van der Waals surface area (Å²) in [5.74, 6) is 1.21. The number of hydrogen-bond donors (Lipinski definition) is 2. The van der Waals surface area contributed by atoms with Gasteiger partial charge in [0, 0.05) is 24.9 Å². The second kappa shape index (κ2) is 5.49. The lowest BCUT2D eigenvalue weighted by Crippen LogP contribution is -2.15. The molecule has 2 aromatic rings. The molecule has 0 saturated carbocycles. The third-order valence-electron chi connectivity index (χ3n) is 3.91. The summed E-state index contributed by atoms with van der Waals surface area (Å²) in [7, 11) is 1.72. The van der Waals surface area contributed by atoms with E-state index < -0.39 is 0 Å². The molecular formula is C16H22N2O. The molecule has 0 aliphatic carbocycles. The summed E-state index contributed by atoms with van der Waals surface area (Å²) in [6, 6.07) is 4.29. The number of aryl methyl sites for hydroxylation is 1. The van der Waals surface area contributed by atoms with Crippen molar-refractivity contribution < 1.29 is 4.74 Å². The van der Waals surface area contributed by atoms with Crippen LogP contribution in [0, 0.1) is 20.8 Å². The van der Waals surface area contributed by atoms with Gasteiger partial charge in [0.25, 0.3) is 0 Å². The zero-order valence-electron chi connectivity index (χ0n) is 12.1. The Labute approximate surface area is 114 Å². The van der Waals surface area contributed by atoms with E-state index in [9.17, 15) is 0 Å². The molecular weight excluding hydrogens is 236 g/mol. The average Bonchev–Trinajstić information content (AvgIpc) is 2.90. The molecule has 1 aromatic carbocycles. The highest BCUT2D eigenvalue weighted by atomic mass is 16.5. The van der Waals surface area contributed by atoms with Gasteiger partial charge in [-0.2, -0.15) is 0 Å². The molecule has 102 valence electrons. The molecule has 0 spiro atoms. The predicted molar refractivity (Wildman–Crippen MR) is 78.9 cm³/mol. The van der Waals surface area contributed by atoms with E-state index in [4.69, 9.17) is 10.5 Å². The maximum absolute atomic E-state index is 5.99. The molecule has 0 radical (unpaired) electrons. The van der Waals surface area contributed by atoms with Gasteiger partial charge in [-0.1, -0.05) is 6.07 Å². The standard InChI is InChI=1S/C16H22N2O/c1-10-7-14(11(2)12(3)16(10)19-4)15(8-17)13-5-6-18-9-13/h5-7,9,15,18H,8,17H2,1-4H3. The van der Waals surface area contributed by atoms with E-state index in [1.54, 1.807) is 7.11 Å². The number of benzene rings is 1. The largest absolute Gasteiger partial charge is 0.496 e. The number of methoxy groups -OCH3 is 1. The number of aromatic nitrogens is 1. The first-order valence-electron chi connectivity index (χ1n) is 6.57. The van der Waals surface area contributed by atoms with Crippen molar-refractivity contribution >= 4 is 0 Å². The molecule has 3 N–H and O–H groups in total. The van der Waals surface area contributed by atoms with Crippen LogP contribution in [0.5, 0.6) is 5.75 Å². The van der Waals surface area contributed by atoms with Gasteiger partial charge >= 0.3 is 0 Å². The molecule has 19 heavy (non-hydrogen) atoms. The zero-order chi connectivity index (χ0) is 14.0. The first kappa shape index (κ1) is 13.7. The van der Waals surface area contributed by atoms with Gasteiger partial charge in [0.1, 0.15) is 5.75 Å². The molecule has 0 bridgehead atoms. The van der Waals surface area contributed by atoms with Crippen molar-refractivity contribution in [3.63, 3.8) is 0 Å². The predicted octanol–water partition coefficient (Wildman–Crippen LogP) is 3.04. The molecule has 0 fully saturated rings. The van der Waals surface area contributed by atoms with Gasteiger partial charge in [-0.05, 0) is 54.7 Å². The topological polar surface area (TPSA) is 51.0 Å². The maximum Gasteiger partial charge on any atom is 0.124 e. The number of nitrogens with one attached hydrogen (secondary N) is 1. The molecule has 3 nitrogen and oxygen atoms in total. The van der Waals surface area contributed by atoms with Crippen molar-refractivity contribution in [3.05, 3.63) is 52.3 Å². The molecule has 0 aliphatic heterocycles. The Bertz CT molecular complexity index is 559. The third-order valence-corrected chi connectivity index (χ3v) is 3.91. The van der Waals surface area contributed by atoms with E-state index in [1.165, 1.54) is 22.3 Å². The van der Waals surface area contributed by atoms with E-state index in [1.807, 2.05) is 12.4 Å². The van der Waals surface area contributed by atoms with Crippen LogP contribution in [0.2, 0.25) is 0 Å². The number of nitrogens with two attached hydrogens (primary N) is 1. The summed E-state index contributed by atoms with van der Waals surface area (Å²) >= 11 is 0. The molecule has 1 aromatic heterocycles. The Morgan fingerprint density at radius 3 is 2.53 bits per heavy atom. The Morgan fingerprint density at radius 2 is 2.00 bits per heavy atom. The summed E-state index contributed by atoms with van der Waals surface area (Å²) < 4.78 is 5.48. The van der Waals surface area contributed by atoms with E-state index in [0.717, 1.165) is 11.3 Å². The number of rotatable bonds is 4. The van der Waals surface area contributed by atoms with E-state index >= 15 is 0 Å². The molecule has 0 amide bonds. The molecule has 1 unspecified atom stereocenters. The minimum Gasteiger partial charge on any atom is -0.496 e. The minimum atomic E-state index is 0.231. The number of ether oxygens (including phenoxy) is 1. The van der Waals surface area contributed by atoms with E-state index in [2.05, 4.69) is 37.9 Å². The highest BCUT2D eigenvalue weighted by Crippen LogP contribution is 2.34. The zero-order valence-corrected chi connectivity index (χ0v) is 12.1. The van der Waals surface area contributed by atoms with E-state index in [-0.39, 0.29) is 5.92 Å². The maximum atomic E-state index is 5.99. The first-order chi connectivity index (χ1) is 9.10. The van der Waals surface area contributed by atoms with Crippen LogP contribution in [0.15, 0.2) is 24.5 Å². The van der Waals surface area contributed by atoms with Gasteiger partial charge in [-0.25, -0.2) is 0 Å². The van der Waals surface area contributed by atoms with Crippen LogP contribution in [-0.4, -0.2) is 18.6 Å². The van der Waals surface area contributed by atoms with Gasteiger partial charge in [0.15, 0.2) is 0 Å². The normalized spacial score (nSPS) is 12.5. The second-order valence-electron chi connectivity index (χ2n) is 5.00. The number of H-pyrrole nitrogens is 1. The van der Waals surface area contributed by atoms with Crippen LogP contribution in [-0.2, 0) is 0 Å². The quantitative estimate of drug-likeness (QED) is 0.885. The summed E-state index contributed by atoms with van der Waals surface area (Å²) in [4.78, 5) is 3.11. The summed E-state index contributed by atoms with van der Waals surface area (Å²) in [5.41, 5.74) is 12.1. The van der Waals surface area contributed by atoms with Crippen molar-refractivity contribution in [1.82, 2.24) is 4.98 Å². The Balaban J connectivity index is 2.56. The van der Waals surface area contributed by atoms with Gasteiger partial charge in [0.05, 0.1) is 7.11 Å². The van der Waals surface area contributed by atoms with E-state index in [0.29, 0.717) is 6.54 Å². The van der Waals surface area contributed by atoms with Crippen LogP contribution in [0.4, 0.5) is 0 Å². The molecule has 2 rings (SSSR count). The summed E-state index contributed by atoms with van der Waals surface area (Å²) in [5, 5.41) is 0. The summed E-state index contributed by atoms with van der Waals surface area (Å²) in [6.45, 7) is 6.93. The molecule has 0 aliphatic rings. The van der Waals surface area contributed by atoms with Crippen LogP contribution in [0.25, 0.3) is 0 Å². The first-order valence-corrected chi connectivity index (χ1v) is 6.57. The SMILES string of the molecule is COc1c(C)cc(C(CN)c2cc[nH]c2)c(C)c1C. The van der Waals surface area contributed by atoms with Crippen LogP contribution < -0.4 is 10.5 Å². The molecule has 1 atom stereocenters. The second-order valence-corrected chi connectivity index (χ2v) is 5.00. The van der Waals surface area contributed by atoms with Gasteiger partial charge < -0.3 is 15.5 Å². The molecule has 0 saturated heterocycles. The Kier molecular flexibility index (Phi) is 3.96. The highest BCUT2D eigenvalue weighted by molar-refractivity contribution is 5.52. The lowest BCUT2D eigenvalue weighted by molar-refractivity contribution is 0.408. The molecule has 3 heteroatoms. The fourth-order valence-corrected chi connectivity index (χ4v) is 2.76. The monoisotopic (exact) mass is 258 g/mol. The number of aromatic amines is 1. The van der Waals surface area contributed by atoms with Crippen molar-refractivity contribution in [3.8, 4) is 5.75 Å². The smallest absolute Gasteiger partial charge is 0.124 e. The Hall–Kier alpha value is -1.74. The van der Waals surface area contributed by atoms with Crippen molar-refractivity contribution in [2.75, 3.05) is 13.7 Å². The fraction of sp³-hybridized carbons (Fsp3) is 0.375. The third kappa shape index (κ3) is 2.38. The van der Waals surface area contributed by atoms with Crippen molar-refractivity contribution in [1.29, 1.82) is 0 Å². The van der Waals surface area contributed by atoms with Gasteiger partial charge in [-0.15, -0.1) is 0 Å². The van der Waals surface area contributed by atoms with Crippen LogP contribution in [0.3, 0.4) is 0 Å². The van der Waals surface area contributed by atoms with Crippen molar-refractivity contribution in [2.24, 2.45) is 5.73 Å². The fourth-order valence-electron chi connectivity index (χ4n) is 2.76. The molecule has 1 heterocycles. The Morgan fingerprint density at radius 1 is 1.26 bits per heavy atom. The highest BCUT2D eigenvalue weighted by Gasteiger charge is 2.19. The van der Waals surface area contributed by atoms with Crippen molar-refractivity contribution in [2.45, 2.75) is 26.7 Å². The lowest BCUT2D eigenvalue weighted by atomic mass is 9.86. The minimum absolute atomic E-state index is 0.231. The average molecular weight is 258 g/mol. The van der Waals surface area contributed by atoms with Crippen LogP contribution in [0.1, 0.15) is 33.7 Å². The van der Waals surface area contributed by atoms with Gasteiger partial charge in [-0.3, -0.25) is 0 Å².